The van der Waals surface area contributed by atoms with Crippen molar-refractivity contribution in [3.8, 4) is 0 Å². The minimum atomic E-state index is -1.30. The highest BCUT2D eigenvalue weighted by Gasteiger charge is 2.43. The predicted molar refractivity (Wildman–Crippen MR) is 81.8 cm³/mol. The molecule has 1 aliphatic heterocycles. The zero-order valence-electron chi connectivity index (χ0n) is 12.9. The Morgan fingerprint density at radius 1 is 1.41 bits per heavy atom. The van der Waals surface area contributed by atoms with E-state index in [1.807, 2.05) is 13.8 Å². The molecule has 1 fully saturated rings. The maximum Gasteiger partial charge on any atom is 0.221 e. The molecule has 0 unspecified atom stereocenters. The van der Waals surface area contributed by atoms with E-state index in [0.717, 1.165) is 6.42 Å². The van der Waals surface area contributed by atoms with E-state index in [4.69, 9.17) is 10.9 Å². The van der Waals surface area contributed by atoms with Crippen LogP contribution in [0.3, 0.4) is 0 Å². The van der Waals surface area contributed by atoms with Gasteiger partial charge in [0, 0.05) is 18.4 Å². The van der Waals surface area contributed by atoms with Crippen LogP contribution in [0, 0.1) is 17.8 Å². The first-order valence-electron chi connectivity index (χ1n) is 7.32. The highest BCUT2D eigenvalue weighted by molar-refractivity contribution is 5.85. The highest BCUT2D eigenvalue weighted by Crippen LogP contribution is 2.35. The van der Waals surface area contributed by atoms with Gasteiger partial charge in [-0.3, -0.25) is 4.79 Å². The fraction of sp³-hybridized carbons (Fsp3) is 0.923. The summed E-state index contributed by atoms with van der Waals surface area (Å²) in [7, 11) is 0. The van der Waals surface area contributed by atoms with Crippen molar-refractivity contribution < 1.29 is 25.3 Å². The van der Waals surface area contributed by atoms with E-state index in [1.54, 1.807) is 5.48 Å². The Morgan fingerprint density at radius 3 is 2.45 bits per heavy atom. The van der Waals surface area contributed by atoms with Crippen LogP contribution in [0.25, 0.3) is 0 Å². The highest BCUT2D eigenvalue weighted by atomic mass is 35.5. The van der Waals surface area contributed by atoms with Crippen LogP contribution in [0.2, 0.25) is 0 Å². The van der Waals surface area contributed by atoms with Crippen LogP contribution >= 0.6 is 12.4 Å². The summed E-state index contributed by atoms with van der Waals surface area (Å²) < 4.78 is 0. The lowest BCUT2D eigenvalue weighted by Gasteiger charge is -2.45. The molecule has 0 spiro atoms. The van der Waals surface area contributed by atoms with Crippen LogP contribution in [0.5, 0.6) is 0 Å². The van der Waals surface area contributed by atoms with Crippen molar-refractivity contribution in [2.24, 2.45) is 23.5 Å². The quantitative estimate of drug-likeness (QED) is 0.263. The van der Waals surface area contributed by atoms with Crippen molar-refractivity contribution in [1.29, 1.82) is 0 Å². The third-order valence-corrected chi connectivity index (χ3v) is 4.44. The van der Waals surface area contributed by atoms with E-state index in [1.165, 1.54) is 4.90 Å². The third-order valence-electron chi connectivity index (χ3n) is 4.44. The van der Waals surface area contributed by atoms with Gasteiger partial charge >= 0.3 is 0 Å². The first kappa shape index (κ1) is 21.5. The number of nitrogens with two attached hydrogens (primary N) is 1. The molecule has 0 saturated carbocycles. The van der Waals surface area contributed by atoms with Gasteiger partial charge in [-0.25, -0.2) is 4.90 Å². The van der Waals surface area contributed by atoms with Gasteiger partial charge in [-0.05, 0) is 18.8 Å². The van der Waals surface area contributed by atoms with E-state index in [0.29, 0.717) is 12.8 Å². The molecule has 0 aromatic heterocycles. The zero-order chi connectivity index (χ0) is 16.2. The molecule has 6 atom stereocenters. The summed E-state index contributed by atoms with van der Waals surface area (Å²) in [6.45, 7) is 3.69. The summed E-state index contributed by atoms with van der Waals surface area (Å²) in [4.78, 5) is 13.0. The molecular weight excluding hydrogens is 314 g/mol. The number of nitrogens with zero attached hydrogens (tertiary/aromatic N) is 1. The summed E-state index contributed by atoms with van der Waals surface area (Å²) in [6, 6.07) is 0. The number of aliphatic hydroxyl groups excluding tert-OH is 3. The lowest BCUT2D eigenvalue weighted by molar-refractivity contribution is -0.189. The molecule has 1 amide bonds. The topological polar surface area (TPSA) is 139 Å². The van der Waals surface area contributed by atoms with Gasteiger partial charge in [0.05, 0.1) is 0 Å². The minimum Gasteiger partial charge on any atom is -0.378 e. The molecule has 0 aromatic carbocycles. The molecule has 0 radical (unpaired) electrons. The number of nitrogens with one attached hydrogen (secondary N) is 1. The predicted octanol–water partition coefficient (Wildman–Crippen LogP) is -0.798. The molecule has 0 bridgehead atoms. The maximum absolute atomic E-state index is 11.7. The Kier molecular flexibility index (Phi) is 9.40. The maximum atomic E-state index is 11.7. The van der Waals surface area contributed by atoms with Crippen LogP contribution in [0.15, 0.2) is 0 Å². The molecule has 0 aliphatic carbocycles. The van der Waals surface area contributed by atoms with Crippen LogP contribution in [-0.4, -0.2) is 56.6 Å². The largest absolute Gasteiger partial charge is 0.378 e. The summed E-state index contributed by atoms with van der Waals surface area (Å²) in [5.41, 5.74) is 7.14. The van der Waals surface area contributed by atoms with Gasteiger partial charge in [0.25, 0.3) is 0 Å². The van der Waals surface area contributed by atoms with Gasteiger partial charge in [0.2, 0.25) is 5.91 Å². The van der Waals surface area contributed by atoms with Gasteiger partial charge < -0.3 is 26.3 Å². The number of carbonyl (C=O) groups excluding carboxylic acids is 1. The average Bonchev–Trinajstić information content (AvgIpc) is 2.45. The van der Waals surface area contributed by atoms with E-state index in [-0.39, 0.29) is 24.9 Å². The number of primary amides is 1. The number of halogens is 1. The number of hydrogen-bond donors (Lipinski definition) is 6. The third kappa shape index (κ3) is 5.02. The SMILES string of the molecule is CC[C@H](C)[C@H](C(N)=O)[C@@H]1CC[C@H](O)N(C[C@H](O)NO)[C@H]1O.Cl. The molecule has 22 heavy (non-hydrogen) atoms. The first-order chi connectivity index (χ1) is 9.83. The number of piperidine rings is 1. The monoisotopic (exact) mass is 341 g/mol. The summed E-state index contributed by atoms with van der Waals surface area (Å²) in [5.74, 6) is -1.36. The number of hydroxylamine groups is 1. The molecule has 8 nitrogen and oxygen atoms in total. The molecule has 1 rings (SSSR count). The van der Waals surface area contributed by atoms with Crippen LogP contribution < -0.4 is 11.2 Å². The zero-order valence-corrected chi connectivity index (χ0v) is 13.7. The minimum absolute atomic E-state index is 0. The van der Waals surface area contributed by atoms with E-state index in [9.17, 15) is 20.1 Å². The van der Waals surface area contributed by atoms with Gasteiger partial charge in [-0.2, -0.15) is 5.48 Å². The van der Waals surface area contributed by atoms with Crippen LogP contribution in [0.4, 0.5) is 0 Å². The van der Waals surface area contributed by atoms with Crippen LogP contribution in [-0.2, 0) is 4.79 Å². The molecular formula is C13H28ClN3O5. The van der Waals surface area contributed by atoms with Gasteiger partial charge in [0.1, 0.15) is 18.7 Å². The molecule has 9 heteroatoms. The fourth-order valence-corrected chi connectivity index (χ4v) is 3.08. The van der Waals surface area contributed by atoms with Gasteiger partial charge in [-0.15, -0.1) is 12.4 Å². The summed E-state index contributed by atoms with van der Waals surface area (Å²) in [5, 5.41) is 38.5. The second-order valence-electron chi connectivity index (χ2n) is 5.79. The van der Waals surface area contributed by atoms with Gasteiger partial charge in [0.15, 0.2) is 0 Å². The molecule has 1 saturated heterocycles. The van der Waals surface area contributed by atoms with Gasteiger partial charge in [-0.1, -0.05) is 20.3 Å². The number of aliphatic hydroxyl groups is 3. The molecule has 0 aromatic rings. The number of carbonyl (C=O) groups is 1. The van der Waals surface area contributed by atoms with Crippen molar-refractivity contribution in [2.45, 2.75) is 51.8 Å². The lowest BCUT2D eigenvalue weighted by atomic mass is 9.75. The van der Waals surface area contributed by atoms with Crippen LogP contribution in [0.1, 0.15) is 33.1 Å². The van der Waals surface area contributed by atoms with E-state index in [2.05, 4.69) is 0 Å². The Labute approximate surface area is 136 Å². The average molecular weight is 342 g/mol. The molecule has 7 N–H and O–H groups in total. The molecule has 1 heterocycles. The molecule has 1 aliphatic rings. The number of rotatable bonds is 7. The Morgan fingerprint density at radius 2 is 2.00 bits per heavy atom. The van der Waals surface area contributed by atoms with Crippen molar-refractivity contribution >= 4 is 18.3 Å². The number of likely N-dealkylation sites (tertiary alicyclic amines) is 1. The van der Waals surface area contributed by atoms with Crippen molar-refractivity contribution in [1.82, 2.24) is 10.4 Å². The van der Waals surface area contributed by atoms with Crippen molar-refractivity contribution in [2.75, 3.05) is 6.54 Å². The fourth-order valence-electron chi connectivity index (χ4n) is 3.08. The van der Waals surface area contributed by atoms with E-state index < -0.39 is 36.4 Å². The number of hydrogen-bond acceptors (Lipinski definition) is 7. The Hall–Kier alpha value is -0.480. The van der Waals surface area contributed by atoms with Crippen molar-refractivity contribution in [3.63, 3.8) is 0 Å². The Bertz CT molecular complexity index is 350. The second kappa shape index (κ2) is 9.61. The standard InChI is InChI=1S/C13H27N3O5.ClH/c1-3-7(2)11(12(14)19)8-4-5-10(18)16(13(8)20)6-9(17)15-21;/h7-11,13,15,17-18,20-21H,3-6H2,1-2H3,(H2,14,19);1H/t7-,8-,9-,10-,11-,13-;/m0./s1. The number of amides is 1. The summed E-state index contributed by atoms with van der Waals surface area (Å²) >= 11 is 0. The smallest absolute Gasteiger partial charge is 0.221 e. The first-order valence-corrected chi connectivity index (χ1v) is 7.32. The normalized spacial score (nSPS) is 30.2. The lowest BCUT2D eigenvalue weighted by Crippen LogP contribution is -2.58. The summed E-state index contributed by atoms with van der Waals surface area (Å²) in [6.07, 6.45) is -1.77. The Balaban J connectivity index is 0.00000441. The second-order valence-corrected chi connectivity index (χ2v) is 5.79. The molecule has 132 valence electrons. The number of β-amino-alcohol motifs (C(OH)–C–C–N with tert-alkyl or cyclic N) is 1. The van der Waals surface area contributed by atoms with Crippen molar-refractivity contribution in [3.05, 3.63) is 0 Å². The van der Waals surface area contributed by atoms with E-state index >= 15 is 0 Å².